The van der Waals surface area contributed by atoms with Crippen LogP contribution in [0.2, 0.25) is 0 Å². The van der Waals surface area contributed by atoms with Gasteiger partial charge in [-0.25, -0.2) is 8.78 Å². The van der Waals surface area contributed by atoms with E-state index in [-0.39, 0.29) is 5.70 Å². The number of halogens is 2. The molecule has 0 aliphatic heterocycles. The van der Waals surface area contributed by atoms with Crippen LogP contribution in [0.1, 0.15) is 25.3 Å². The average molecular weight is 222 g/mol. The molecule has 2 N–H and O–H groups in total. The monoisotopic (exact) mass is 222 g/mol. The van der Waals surface area contributed by atoms with Crippen molar-refractivity contribution >= 4 is 5.70 Å². The number of nitrogens with zero attached hydrogens (tertiary/aromatic N) is 1. The summed E-state index contributed by atoms with van der Waals surface area (Å²) in [6.07, 6.45) is 1.30. The lowest BCUT2D eigenvalue weighted by Gasteiger charge is -2.05. The highest BCUT2D eigenvalue weighted by molar-refractivity contribution is 5.69. The molecule has 0 aliphatic carbocycles. The maximum absolute atomic E-state index is 13.0. The van der Waals surface area contributed by atoms with Crippen molar-refractivity contribution in [2.75, 3.05) is 0 Å². The molecule has 1 aromatic carbocycles. The number of allylic oxidation sites excluding steroid dienone is 1. The van der Waals surface area contributed by atoms with Gasteiger partial charge in [-0.1, -0.05) is 13.3 Å². The van der Waals surface area contributed by atoms with Gasteiger partial charge in [0.25, 0.3) is 0 Å². The molecule has 0 fully saturated rings. The first kappa shape index (κ1) is 12.2. The average Bonchev–Trinajstić information content (AvgIpc) is 2.28. The van der Waals surface area contributed by atoms with E-state index in [2.05, 4.69) is 0 Å². The van der Waals surface area contributed by atoms with Gasteiger partial charge >= 0.3 is 0 Å². The van der Waals surface area contributed by atoms with Gasteiger partial charge < -0.3 is 5.73 Å². The van der Waals surface area contributed by atoms with Crippen LogP contribution < -0.4 is 5.73 Å². The van der Waals surface area contributed by atoms with Crippen molar-refractivity contribution in [1.82, 2.24) is 0 Å². The second kappa shape index (κ2) is 5.26. The maximum atomic E-state index is 13.0. The fourth-order valence-electron chi connectivity index (χ4n) is 1.34. The zero-order chi connectivity index (χ0) is 12.1. The Bertz CT molecular complexity index is 459. The molecule has 1 rings (SSSR count). The molecule has 0 unspecified atom stereocenters. The van der Waals surface area contributed by atoms with Crippen LogP contribution in [0.5, 0.6) is 0 Å². The molecule has 0 saturated carbocycles. The Balaban J connectivity index is 3.17. The smallest absolute Gasteiger partial charge is 0.159 e. The van der Waals surface area contributed by atoms with Crippen molar-refractivity contribution in [3.8, 4) is 6.07 Å². The Morgan fingerprint density at radius 2 is 2.06 bits per heavy atom. The number of rotatable bonds is 3. The van der Waals surface area contributed by atoms with Crippen molar-refractivity contribution in [1.29, 1.82) is 5.26 Å². The normalized spacial score (nSPS) is 11.9. The van der Waals surface area contributed by atoms with Gasteiger partial charge in [0.05, 0.1) is 17.3 Å². The van der Waals surface area contributed by atoms with Crippen molar-refractivity contribution in [3.05, 3.63) is 41.0 Å². The van der Waals surface area contributed by atoms with Crippen LogP contribution in [0.4, 0.5) is 8.78 Å². The van der Waals surface area contributed by atoms with Gasteiger partial charge in [0.2, 0.25) is 0 Å². The minimum Gasteiger partial charge on any atom is -0.397 e. The molecule has 0 bridgehead atoms. The van der Waals surface area contributed by atoms with E-state index in [4.69, 9.17) is 11.0 Å². The SMILES string of the molecule is CCC/C(C#N)=C(/N)c1ccc(F)c(F)c1. The highest BCUT2D eigenvalue weighted by Gasteiger charge is 2.08. The second-order valence-electron chi connectivity index (χ2n) is 3.38. The zero-order valence-corrected chi connectivity index (χ0v) is 8.93. The Morgan fingerprint density at radius 1 is 1.38 bits per heavy atom. The number of hydrogen-bond acceptors (Lipinski definition) is 2. The summed E-state index contributed by atoms with van der Waals surface area (Å²) in [6, 6.07) is 5.33. The summed E-state index contributed by atoms with van der Waals surface area (Å²) in [4.78, 5) is 0. The molecule has 0 aliphatic rings. The summed E-state index contributed by atoms with van der Waals surface area (Å²) in [5.74, 6) is -1.89. The summed E-state index contributed by atoms with van der Waals surface area (Å²) in [7, 11) is 0. The van der Waals surface area contributed by atoms with E-state index in [9.17, 15) is 8.78 Å². The van der Waals surface area contributed by atoms with E-state index in [0.29, 0.717) is 17.6 Å². The van der Waals surface area contributed by atoms with Crippen LogP contribution in [0.25, 0.3) is 5.70 Å². The number of nitrogens with two attached hydrogens (primary N) is 1. The first-order valence-electron chi connectivity index (χ1n) is 4.94. The molecule has 0 aromatic heterocycles. The molecule has 0 heterocycles. The minimum atomic E-state index is -0.964. The Kier molecular flexibility index (Phi) is 4.01. The molecule has 1 aromatic rings. The summed E-state index contributed by atoms with van der Waals surface area (Å²) in [6.45, 7) is 1.91. The van der Waals surface area contributed by atoms with E-state index in [1.807, 2.05) is 13.0 Å². The largest absolute Gasteiger partial charge is 0.397 e. The van der Waals surface area contributed by atoms with Gasteiger partial charge in [-0.05, 0) is 24.6 Å². The molecule has 84 valence electrons. The predicted octanol–water partition coefficient (Wildman–Crippen LogP) is 2.96. The van der Waals surface area contributed by atoms with E-state index >= 15 is 0 Å². The van der Waals surface area contributed by atoms with Crippen molar-refractivity contribution in [2.24, 2.45) is 5.73 Å². The lowest BCUT2D eigenvalue weighted by atomic mass is 10.0. The first-order chi connectivity index (χ1) is 7.60. The van der Waals surface area contributed by atoms with Gasteiger partial charge in [-0.15, -0.1) is 0 Å². The van der Waals surface area contributed by atoms with Crippen molar-refractivity contribution in [2.45, 2.75) is 19.8 Å². The van der Waals surface area contributed by atoms with Crippen LogP contribution in [0.3, 0.4) is 0 Å². The molecule has 16 heavy (non-hydrogen) atoms. The summed E-state index contributed by atoms with van der Waals surface area (Å²) >= 11 is 0. The quantitative estimate of drug-likeness (QED) is 0.799. The van der Waals surface area contributed by atoms with Gasteiger partial charge in [-0.2, -0.15) is 5.26 Å². The second-order valence-corrected chi connectivity index (χ2v) is 3.38. The highest BCUT2D eigenvalue weighted by atomic mass is 19.2. The molecule has 2 nitrogen and oxygen atoms in total. The molecule has 0 saturated heterocycles. The molecule has 0 amide bonds. The maximum Gasteiger partial charge on any atom is 0.159 e. The third-order valence-corrected chi connectivity index (χ3v) is 2.19. The Hall–Kier alpha value is -1.89. The van der Waals surface area contributed by atoms with E-state index in [1.54, 1.807) is 0 Å². The summed E-state index contributed by atoms with van der Waals surface area (Å²) < 4.78 is 25.7. The van der Waals surface area contributed by atoms with E-state index < -0.39 is 11.6 Å². The van der Waals surface area contributed by atoms with Gasteiger partial charge in [0.1, 0.15) is 0 Å². The van der Waals surface area contributed by atoms with Crippen LogP contribution in [-0.2, 0) is 0 Å². The third-order valence-electron chi connectivity index (χ3n) is 2.19. The fraction of sp³-hybridized carbons (Fsp3) is 0.250. The molecule has 0 atom stereocenters. The third kappa shape index (κ3) is 2.57. The molecule has 0 radical (unpaired) electrons. The highest BCUT2D eigenvalue weighted by Crippen LogP contribution is 2.18. The van der Waals surface area contributed by atoms with Gasteiger partial charge in [-0.3, -0.25) is 0 Å². The van der Waals surface area contributed by atoms with Crippen molar-refractivity contribution in [3.63, 3.8) is 0 Å². The van der Waals surface area contributed by atoms with Crippen molar-refractivity contribution < 1.29 is 8.78 Å². The molecular formula is C12H12F2N2. The van der Waals surface area contributed by atoms with E-state index in [1.165, 1.54) is 6.07 Å². The summed E-state index contributed by atoms with van der Waals surface area (Å²) in [5.41, 5.74) is 6.67. The number of nitriles is 1. The Labute approximate surface area is 93.0 Å². The van der Waals surface area contributed by atoms with Crippen LogP contribution in [-0.4, -0.2) is 0 Å². The van der Waals surface area contributed by atoms with E-state index in [0.717, 1.165) is 18.6 Å². The van der Waals surface area contributed by atoms with Gasteiger partial charge in [0, 0.05) is 5.56 Å². The first-order valence-corrected chi connectivity index (χ1v) is 4.94. The zero-order valence-electron chi connectivity index (χ0n) is 8.93. The lowest BCUT2D eigenvalue weighted by molar-refractivity contribution is 0.508. The van der Waals surface area contributed by atoms with Crippen LogP contribution in [0, 0.1) is 23.0 Å². The standard InChI is InChI=1S/C12H12F2N2/c1-2-3-9(7-15)12(16)8-4-5-10(13)11(14)6-8/h4-6H,2-3,16H2,1H3/b12-9-. The molecule has 4 heteroatoms. The van der Waals surface area contributed by atoms with Crippen LogP contribution >= 0.6 is 0 Å². The fourth-order valence-corrected chi connectivity index (χ4v) is 1.34. The molecular weight excluding hydrogens is 210 g/mol. The van der Waals surface area contributed by atoms with Gasteiger partial charge in [0.15, 0.2) is 11.6 Å². The number of hydrogen-bond donors (Lipinski definition) is 1. The predicted molar refractivity (Wildman–Crippen MR) is 58.0 cm³/mol. The number of benzene rings is 1. The summed E-state index contributed by atoms with van der Waals surface area (Å²) in [5, 5.41) is 8.86. The Morgan fingerprint density at radius 3 is 2.56 bits per heavy atom. The minimum absolute atomic E-state index is 0.211. The van der Waals surface area contributed by atoms with Crippen LogP contribution in [0.15, 0.2) is 23.8 Å². The lowest BCUT2D eigenvalue weighted by Crippen LogP contribution is -2.02. The molecule has 0 spiro atoms. The topological polar surface area (TPSA) is 49.8 Å².